The molecule has 5 heteroatoms. The van der Waals surface area contributed by atoms with E-state index in [0.717, 1.165) is 44.1 Å². The maximum Gasteiger partial charge on any atom is 0.161 e. The van der Waals surface area contributed by atoms with Gasteiger partial charge in [-0.1, -0.05) is 13.0 Å². The quantitative estimate of drug-likeness (QED) is 0.786. The summed E-state index contributed by atoms with van der Waals surface area (Å²) in [6.45, 7) is 9.34. The van der Waals surface area contributed by atoms with Crippen LogP contribution in [-0.2, 0) is 6.54 Å². The number of aromatic nitrogens is 1. The average molecular weight is 355 g/mol. The Hall–Kier alpha value is -2.11. The first-order valence-electron chi connectivity index (χ1n) is 9.55. The standard InChI is InChI=1S/C21H29N3O2/c1-3-13-26-20-6-5-17(14-21(20)25-4-2)16-24-12-11-23-15-19(24)18-7-9-22-10-8-18/h5-10,14,19,23H,3-4,11-13,15-16H2,1-2H3. The Morgan fingerprint density at radius 3 is 2.73 bits per heavy atom. The van der Waals surface area contributed by atoms with Crippen molar-refractivity contribution in [3.63, 3.8) is 0 Å². The van der Waals surface area contributed by atoms with Crippen molar-refractivity contribution in [3.05, 3.63) is 53.9 Å². The lowest BCUT2D eigenvalue weighted by atomic mass is 10.0. The highest BCUT2D eigenvalue weighted by Gasteiger charge is 2.24. The van der Waals surface area contributed by atoms with Gasteiger partial charge in [0.2, 0.25) is 0 Å². The highest BCUT2D eigenvalue weighted by molar-refractivity contribution is 5.43. The molecule has 1 N–H and O–H groups in total. The summed E-state index contributed by atoms with van der Waals surface area (Å²) < 4.78 is 11.6. The molecule has 1 fully saturated rings. The molecule has 2 aromatic rings. The number of hydrogen-bond acceptors (Lipinski definition) is 5. The topological polar surface area (TPSA) is 46.6 Å². The van der Waals surface area contributed by atoms with Gasteiger partial charge in [0, 0.05) is 44.6 Å². The lowest BCUT2D eigenvalue weighted by Gasteiger charge is -2.36. The molecule has 0 radical (unpaired) electrons. The Morgan fingerprint density at radius 1 is 1.12 bits per heavy atom. The second kappa shape index (κ2) is 9.55. The van der Waals surface area contributed by atoms with Gasteiger partial charge in [0.25, 0.3) is 0 Å². The van der Waals surface area contributed by atoms with Gasteiger partial charge in [-0.05, 0) is 48.7 Å². The Balaban J connectivity index is 1.76. The zero-order chi connectivity index (χ0) is 18.2. The summed E-state index contributed by atoms with van der Waals surface area (Å²) in [6, 6.07) is 10.9. The van der Waals surface area contributed by atoms with E-state index in [1.54, 1.807) is 0 Å². The van der Waals surface area contributed by atoms with E-state index in [-0.39, 0.29) is 0 Å². The van der Waals surface area contributed by atoms with E-state index in [1.165, 1.54) is 11.1 Å². The summed E-state index contributed by atoms with van der Waals surface area (Å²) in [5, 5.41) is 3.51. The number of piperazine rings is 1. The minimum absolute atomic E-state index is 0.360. The number of hydrogen-bond donors (Lipinski definition) is 1. The van der Waals surface area contributed by atoms with Gasteiger partial charge in [-0.15, -0.1) is 0 Å². The SMILES string of the molecule is CCCOc1ccc(CN2CCNCC2c2ccncc2)cc1OCC. The molecule has 1 atom stereocenters. The number of benzene rings is 1. The predicted molar refractivity (Wildman–Crippen MR) is 104 cm³/mol. The molecule has 0 spiro atoms. The second-order valence-electron chi connectivity index (χ2n) is 6.53. The number of rotatable bonds is 8. The molecule has 2 heterocycles. The fourth-order valence-electron chi connectivity index (χ4n) is 3.33. The van der Waals surface area contributed by atoms with Gasteiger partial charge in [0.15, 0.2) is 11.5 Å². The van der Waals surface area contributed by atoms with Crippen LogP contribution < -0.4 is 14.8 Å². The predicted octanol–water partition coefficient (Wildman–Crippen LogP) is 3.42. The molecular formula is C21H29N3O2. The van der Waals surface area contributed by atoms with Crippen LogP contribution in [0.4, 0.5) is 0 Å². The van der Waals surface area contributed by atoms with Gasteiger partial charge in [-0.25, -0.2) is 0 Å². The molecule has 3 rings (SSSR count). The van der Waals surface area contributed by atoms with Gasteiger partial charge in [-0.2, -0.15) is 0 Å². The first-order chi connectivity index (χ1) is 12.8. The van der Waals surface area contributed by atoms with Crippen LogP contribution in [0.2, 0.25) is 0 Å². The van der Waals surface area contributed by atoms with Crippen molar-refractivity contribution in [3.8, 4) is 11.5 Å². The second-order valence-corrected chi connectivity index (χ2v) is 6.53. The Bertz CT molecular complexity index is 678. The molecule has 1 aliphatic heterocycles. The first kappa shape index (κ1) is 18.7. The van der Waals surface area contributed by atoms with Gasteiger partial charge in [0.1, 0.15) is 0 Å². The summed E-state index contributed by atoms with van der Waals surface area (Å²) in [5.41, 5.74) is 2.55. The highest BCUT2D eigenvalue weighted by atomic mass is 16.5. The molecule has 0 amide bonds. The third-order valence-corrected chi connectivity index (χ3v) is 4.60. The normalized spacial score (nSPS) is 17.8. The number of nitrogens with zero attached hydrogens (tertiary/aromatic N) is 2. The molecule has 1 saturated heterocycles. The molecule has 0 bridgehead atoms. The fraction of sp³-hybridized carbons (Fsp3) is 0.476. The summed E-state index contributed by atoms with van der Waals surface area (Å²) in [6.07, 6.45) is 4.73. The Kier molecular flexibility index (Phi) is 6.86. The molecule has 1 aliphatic rings. The minimum atomic E-state index is 0.360. The van der Waals surface area contributed by atoms with Crippen LogP contribution in [0.5, 0.6) is 11.5 Å². The van der Waals surface area contributed by atoms with E-state index in [2.05, 4.69) is 46.4 Å². The van der Waals surface area contributed by atoms with E-state index in [9.17, 15) is 0 Å². The molecular weight excluding hydrogens is 326 g/mol. The average Bonchev–Trinajstić information content (AvgIpc) is 2.69. The molecule has 1 unspecified atom stereocenters. The van der Waals surface area contributed by atoms with Crippen molar-refractivity contribution in [2.24, 2.45) is 0 Å². The molecule has 1 aromatic carbocycles. The first-order valence-corrected chi connectivity index (χ1v) is 9.55. The van der Waals surface area contributed by atoms with Crippen molar-refractivity contribution in [2.45, 2.75) is 32.9 Å². The van der Waals surface area contributed by atoms with Crippen molar-refractivity contribution in [1.82, 2.24) is 15.2 Å². The van der Waals surface area contributed by atoms with Gasteiger partial charge < -0.3 is 14.8 Å². The van der Waals surface area contributed by atoms with Crippen LogP contribution in [0.25, 0.3) is 0 Å². The Morgan fingerprint density at radius 2 is 1.96 bits per heavy atom. The zero-order valence-corrected chi connectivity index (χ0v) is 15.8. The molecule has 0 saturated carbocycles. The Labute approximate surface area is 156 Å². The minimum Gasteiger partial charge on any atom is -0.490 e. The van der Waals surface area contributed by atoms with Crippen LogP contribution in [0.15, 0.2) is 42.7 Å². The summed E-state index contributed by atoms with van der Waals surface area (Å²) in [4.78, 5) is 6.66. The van der Waals surface area contributed by atoms with Crippen molar-refractivity contribution in [1.29, 1.82) is 0 Å². The zero-order valence-electron chi connectivity index (χ0n) is 15.8. The molecule has 26 heavy (non-hydrogen) atoms. The van der Waals surface area contributed by atoms with Crippen LogP contribution in [-0.4, -0.2) is 42.7 Å². The third-order valence-electron chi connectivity index (χ3n) is 4.60. The highest BCUT2D eigenvalue weighted by Crippen LogP contribution is 2.31. The summed E-state index contributed by atoms with van der Waals surface area (Å²) in [7, 11) is 0. The lowest BCUT2D eigenvalue weighted by Crippen LogP contribution is -2.45. The monoisotopic (exact) mass is 355 g/mol. The van der Waals surface area contributed by atoms with Crippen LogP contribution in [0.1, 0.15) is 37.4 Å². The number of nitrogens with one attached hydrogen (secondary N) is 1. The van der Waals surface area contributed by atoms with Crippen LogP contribution >= 0.6 is 0 Å². The van der Waals surface area contributed by atoms with E-state index in [1.807, 2.05) is 25.4 Å². The van der Waals surface area contributed by atoms with Crippen molar-refractivity contribution < 1.29 is 9.47 Å². The van der Waals surface area contributed by atoms with E-state index >= 15 is 0 Å². The van der Waals surface area contributed by atoms with E-state index < -0.39 is 0 Å². The summed E-state index contributed by atoms with van der Waals surface area (Å²) in [5.74, 6) is 1.68. The van der Waals surface area contributed by atoms with Crippen LogP contribution in [0.3, 0.4) is 0 Å². The molecule has 5 nitrogen and oxygen atoms in total. The molecule has 140 valence electrons. The van der Waals surface area contributed by atoms with E-state index in [0.29, 0.717) is 19.3 Å². The molecule has 0 aliphatic carbocycles. The summed E-state index contributed by atoms with van der Waals surface area (Å²) >= 11 is 0. The van der Waals surface area contributed by atoms with Crippen LogP contribution in [0, 0.1) is 0 Å². The van der Waals surface area contributed by atoms with Gasteiger partial charge in [-0.3, -0.25) is 9.88 Å². The lowest BCUT2D eigenvalue weighted by molar-refractivity contribution is 0.153. The van der Waals surface area contributed by atoms with Gasteiger partial charge in [0.05, 0.1) is 13.2 Å². The fourth-order valence-corrected chi connectivity index (χ4v) is 3.33. The van der Waals surface area contributed by atoms with Crippen molar-refractivity contribution in [2.75, 3.05) is 32.8 Å². The smallest absolute Gasteiger partial charge is 0.161 e. The van der Waals surface area contributed by atoms with Gasteiger partial charge >= 0.3 is 0 Å². The third kappa shape index (κ3) is 4.74. The maximum atomic E-state index is 5.82. The number of pyridine rings is 1. The van der Waals surface area contributed by atoms with Crippen molar-refractivity contribution >= 4 is 0 Å². The van der Waals surface area contributed by atoms with E-state index in [4.69, 9.17) is 9.47 Å². The largest absolute Gasteiger partial charge is 0.490 e. The maximum absolute atomic E-state index is 5.82. The molecule has 1 aromatic heterocycles. The number of ether oxygens (including phenoxy) is 2.